The maximum Gasteiger partial charge on any atom is 0.318 e. The minimum atomic E-state index is -0.738. The molecule has 4 aromatic carbocycles. The number of halogens is 2. The SMILES string of the molecule is CNC(=O)Nc1ccccc1-c1sc2c(c1CN(C)Cc1ccccc1)c(=O)c(C(=O)c1ccccc1)cn2Cc1c(F)cccc1F. The molecule has 0 aliphatic carbocycles. The summed E-state index contributed by atoms with van der Waals surface area (Å²) in [6, 6.07) is 28.8. The Kier molecular flexibility index (Phi) is 9.56. The van der Waals surface area contributed by atoms with Crippen LogP contribution in [0.15, 0.2) is 114 Å². The topological polar surface area (TPSA) is 83.4 Å². The van der Waals surface area contributed by atoms with Gasteiger partial charge in [0.05, 0.1) is 23.2 Å². The van der Waals surface area contributed by atoms with Crippen LogP contribution in [0.4, 0.5) is 19.3 Å². The fraction of sp³-hybridized carbons (Fsp3) is 0.132. The molecule has 10 heteroatoms. The number of carbonyl (C=O) groups is 2. The highest BCUT2D eigenvalue weighted by Crippen LogP contribution is 2.42. The minimum absolute atomic E-state index is 0.112. The molecule has 0 saturated carbocycles. The quantitative estimate of drug-likeness (QED) is 0.148. The van der Waals surface area contributed by atoms with Crippen molar-refractivity contribution in [2.45, 2.75) is 19.6 Å². The summed E-state index contributed by atoms with van der Waals surface area (Å²) in [6.45, 7) is 0.597. The van der Waals surface area contributed by atoms with Crippen molar-refractivity contribution in [3.8, 4) is 10.4 Å². The highest BCUT2D eigenvalue weighted by Gasteiger charge is 2.26. The predicted octanol–water partition coefficient (Wildman–Crippen LogP) is 7.67. The molecule has 6 rings (SSSR count). The lowest BCUT2D eigenvalue weighted by Gasteiger charge is -2.19. The van der Waals surface area contributed by atoms with Crippen LogP contribution in [0.3, 0.4) is 0 Å². The lowest BCUT2D eigenvalue weighted by Crippen LogP contribution is -2.24. The highest BCUT2D eigenvalue weighted by molar-refractivity contribution is 7.22. The second-order valence-electron chi connectivity index (χ2n) is 11.4. The molecule has 0 fully saturated rings. The second-order valence-corrected chi connectivity index (χ2v) is 12.4. The third kappa shape index (κ3) is 6.67. The number of carbonyl (C=O) groups excluding carboxylic acids is 2. The van der Waals surface area contributed by atoms with Gasteiger partial charge in [-0.3, -0.25) is 14.5 Å². The van der Waals surface area contributed by atoms with Crippen molar-refractivity contribution in [2.24, 2.45) is 0 Å². The van der Waals surface area contributed by atoms with Crippen LogP contribution in [0.1, 0.15) is 32.6 Å². The molecule has 0 spiro atoms. The first-order chi connectivity index (χ1) is 23.2. The molecule has 0 radical (unpaired) electrons. The Morgan fingerprint density at radius 3 is 2.15 bits per heavy atom. The Morgan fingerprint density at radius 1 is 0.812 bits per heavy atom. The van der Waals surface area contributed by atoms with E-state index in [1.807, 2.05) is 49.5 Å². The minimum Gasteiger partial charge on any atom is -0.341 e. The van der Waals surface area contributed by atoms with Crippen LogP contribution >= 0.6 is 11.3 Å². The average molecular weight is 663 g/mol. The number of fused-ring (bicyclic) bond motifs is 1. The summed E-state index contributed by atoms with van der Waals surface area (Å²) in [5.74, 6) is -1.97. The van der Waals surface area contributed by atoms with Gasteiger partial charge in [-0.1, -0.05) is 84.9 Å². The number of para-hydroxylation sites is 1. The Morgan fingerprint density at radius 2 is 1.46 bits per heavy atom. The number of ketones is 1. The molecule has 2 heterocycles. The molecule has 7 nitrogen and oxygen atoms in total. The normalized spacial score (nSPS) is 11.2. The molecule has 6 aromatic rings. The fourth-order valence-corrected chi connectivity index (χ4v) is 7.06. The standard InChI is InChI=1S/C38H32F2N4O3S/c1-41-38(47)42-32-19-10-9-16-26(32)36-28(21-43(2)20-24-12-5-3-6-13-24)33-35(46)29(34(45)25-14-7-4-8-15-25)23-44(37(33)48-36)22-27-30(39)17-11-18-31(27)40/h3-19,23H,20-22H2,1-2H3,(H2,41,42,47). The monoisotopic (exact) mass is 662 g/mol. The summed E-state index contributed by atoms with van der Waals surface area (Å²) in [6.07, 6.45) is 1.40. The molecule has 0 saturated heterocycles. The third-order valence-corrected chi connectivity index (χ3v) is 9.35. The van der Waals surface area contributed by atoms with Crippen molar-refractivity contribution in [1.82, 2.24) is 14.8 Å². The zero-order valence-corrected chi connectivity index (χ0v) is 27.1. The van der Waals surface area contributed by atoms with Crippen molar-refractivity contribution in [3.05, 3.63) is 159 Å². The zero-order chi connectivity index (χ0) is 33.8. The van der Waals surface area contributed by atoms with Gasteiger partial charge in [0.1, 0.15) is 16.5 Å². The van der Waals surface area contributed by atoms with Gasteiger partial charge in [0.15, 0.2) is 5.78 Å². The number of rotatable bonds is 10. The van der Waals surface area contributed by atoms with E-state index in [1.54, 1.807) is 47.0 Å². The van der Waals surface area contributed by atoms with Gasteiger partial charge in [0, 0.05) is 47.9 Å². The summed E-state index contributed by atoms with van der Waals surface area (Å²) in [5, 5.41) is 5.71. The Balaban J connectivity index is 1.63. The first-order valence-electron chi connectivity index (χ1n) is 15.3. The van der Waals surface area contributed by atoms with Crippen LogP contribution in [0.25, 0.3) is 20.7 Å². The summed E-state index contributed by atoms with van der Waals surface area (Å²) in [5.41, 5.74) is 2.39. The smallest absolute Gasteiger partial charge is 0.318 e. The molecule has 242 valence electrons. The van der Waals surface area contributed by atoms with Gasteiger partial charge in [-0.2, -0.15) is 0 Å². The van der Waals surface area contributed by atoms with E-state index in [0.29, 0.717) is 45.2 Å². The molecule has 0 bridgehead atoms. The first kappa shape index (κ1) is 32.5. The number of hydrogen-bond donors (Lipinski definition) is 2. The summed E-state index contributed by atoms with van der Waals surface area (Å²) < 4.78 is 31.7. The number of urea groups is 1. The number of hydrogen-bond acceptors (Lipinski definition) is 5. The summed E-state index contributed by atoms with van der Waals surface area (Å²) in [7, 11) is 3.45. The van der Waals surface area contributed by atoms with Gasteiger partial charge in [-0.25, -0.2) is 13.6 Å². The van der Waals surface area contributed by atoms with Crippen LogP contribution in [0.2, 0.25) is 0 Å². The molecule has 48 heavy (non-hydrogen) atoms. The first-order valence-corrected chi connectivity index (χ1v) is 16.1. The van der Waals surface area contributed by atoms with Crippen molar-refractivity contribution in [1.29, 1.82) is 0 Å². The number of nitrogens with zero attached hydrogens (tertiary/aromatic N) is 2. The number of benzene rings is 4. The van der Waals surface area contributed by atoms with Crippen molar-refractivity contribution in [2.75, 3.05) is 19.4 Å². The maximum absolute atomic E-state index is 15.0. The molecular formula is C38H32F2N4O3S. The van der Waals surface area contributed by atoms with E-state index in [-0.39, 0.29) is 23.1 Å². The Labute approximate surface area is 280 Å². The van der Waals surface area contributed by atoms with Crippen molar-refractivity contribution in [3.63, 3.8) is 0 Å². The molecule has 2 amide bonds. The van der Waals surface area contributed by atoms with Crippen LogP contribution < -0.4 is 16.1 Å². The van der Waals surface area contributed by atoms with Gasteiger partial charge in [-0.05, 0) is 36.4 Å². The molecule has 2 N–H and O–H groups in total. The lowest BCUT2D eigenvalue weighted by atomic mass is 10.00. The van der Waals surface area contributed by atoms with Crippen LogP contribution in [0.5, 0.6) is 0 Å². The van der Waals surface area contributed by atoms with Gasteiger partial charge >= 0.3 is 6.03 Å². The number of amides is 2. The number of pyridine rings is 1. The predicted molar refractivity (Wildman–Crippen MR) is 187 cm³/mol. The molecule has 0 aliphatic rings. The van der Waals surface area contributed by atoms with Gasteiger partial charge in [-0.15, -0.1) is 11.3 Å². The molecule has 0 aliphatic heterocycles. The second kappa shape index (κ2) is 14.1. The third-order valence-electron chi connectivity index (χ3n) is 8.05. The average Bonchev–Trinajstić information content (AvgIpc) is 3.47. The van der Waals surface area contributed by atoms with Gasteiger partial charge < -0.3 is 15.2 Å². The molecule has 2 aromatic heterocycles. The molecule has 0 atom stereocenters. The highest BCUT2D eigenvalue weighted by atomic mass is 32.1. The van der Waals surface area contributed by atoms with Crippen LogP contribution in [-0.4, -0.2) is 35.4 Å². The number of aromatic nitrogens is 1. The number of thiophene rings is 1. The van der Waals surface area contributed by atoms with E-state index in [0.717, 1.165) is 5.56 Å². The largest absolute Gasteiger partial charge is 0.341 e. The maximum atomic E-state index is 15.0. The van der Waals surface area contributed by atoms with Crippen LogP contribution in [0, 0.1) is 11.6 Å². The summed E-state index contributed by atoms with van der Waals surface area (Å²) in [4.78, 5) is 44.0. The van der Waals surface area contributed by atoms with Gasteiger partial charge in [0.2, 0.25) is 5.43 Å². The zero-order valence-electron chi connectivity index (χ0n) is 26.3. The summed E-state index contributed by atoms with van der Waals surface area (Å²) >= 11 is 1.27. The molecule has 0 unspecified atom stereocenters. The fourth-order valence-electron chi connectivity index (χ4n) is 5.74. The van der Waals surface area contributed by atoms with Crippen molar-refractivity contribution < 1.29 is 18.4 Å². The number of nitrogens with one attached hydrogen (secondary N) is 2. The number of anilines is 1. The van der Waals surface area contributed by atoms with Crippen LogP contribution in [-0.2, 0) is 19.6 Å². The molecular weight excluding hydrogens is 631 g/mol. The van der Waals surface area contributed by atoms with E-state index >= 15 is 8.78 Å². The van der Waals surface area contributed by atoms with E-state index < -0.39 is 28.9 Å². The van der Waals surface area contributed by atoms with E-state index in [2.05, 4.69) is 15.5 Å². The Hall–Kier alpha value is -5.45. The van der Waals surface area contributed by atoms with E-state index in [4.69, 9.17) is 0 Å². The van der Waals surface area contributed by atoms with E-state index in [1.165, 1.54) is 42.8 Å². The van der Waals surface area contributed by atoms with E-state index in [9.17, 15) is 14.4 Å². The van der Waals surface area contributed by atoms with Crippen molar-refractivity contribution >= 4 is 39.1 Å². The Bertz CT molecular complexity index is 2160. The van der Waals surface area contributed by atoms with Gasteiger partial charge in [0.25, 0.3) is 0 Å². The lowest BCUT2D eigenvalue weighted by molar-refractivity contribution is 0.103.